The van der Waals surface area contributed by atoms with Gasteiger partial charge in [0.2, 0.25) is 0 Å². The number of carbonyl (C=O) groups excluding carboxylic acids is 2. The summed E-state index contributed by atoms with van der Waals surface area (Å²) in [6.45, 7) is 5.47. The molecule has 0 aliphatic rings. The van der Waals surface area contributed by atoms with Gasteiger partial charge in [0.05, 0.1) is 12.8 Å². The maximum Gasteiger partial charge on any atom is 0.255 e. The zero-order valence-corrected chi connectivity index (χ0v) is 16.7. The summed E-state index contributed by atoms with van der Waals surface area (Å²) >= 11 is 6.01. The van der Waals surface area contributed by atoms with E-state index in [0.717, 1.165) is 12.8 Å². The number of nitrogens with zero attached hydrogens (tertiary/aromatic N) is 1. The Kier molecular flexibility index (Phi) is 7.67. The third kappa shape index (κ3) is 5.47. The number of anilines is 1. The molecule has 2 rings (SSSR count). The second kappa shape index (κ2) is 9.97. The van der Waals surface area contributed by atoms with E-state index in [1.54, 1.807) is 42.5 Å². The Morgan fingerprint density at radius 3 is 2.33 bits per heavy atom. The topological polar surface area (TPSA) is 58.6 Å². The maximum absolute atomic E-state index is 12.8. The van der Waals surface area contributed by atoms with Gasteiger partial charge in [-0.25, -0.2) is 0 Å². The van der Waals surface area contributed by atoms with Gasteiger partial charge in [-0.2, -0.15) is 0 Å². The standard InChI is InChI=1S/C21H25ClN2O3/c1-4-11-24(12-5-2)21(26)16-8-6-7-15(13-16)20(25)23-18-14-17(22)9-10-19(18)27-3/h6-10,13-14H,4-5,11-12H2,1-3H3,(H,23,25). The molecule has 0 aromatic heterocycles. The van der Waals surface area contributed by atoms with Crippen LogP contribution in [0, 0.1) is 0 Å². The van der Waals surface area contributed by atoms with Crippen molar-refractivity contribution in [1.82, 2.24) is 4.90 Å². The van der Waals surface area contributed by atoms with Gasteiger partial charge in [0.25, 0.3) is 11.8 Å². The lowest BCUT2D eigenvalue weighted by Gasteiger charge is -2.21. The minimum atomic E-state index is -0.331. The Morgan fingerprint density at radius 1 is 1.04 bits per heavy atom. The van der Waals surface area contributed by atoms with Crippen molar-refractivity contribution < 1.29 is 14.3 Å². The molecule has 0 aliphatic carbocycles. The van der Waals surface area contributed by atoms with Crippen LogP contribution in [0.3, 0.4) is 0 Å². The number of hydrogen-bond acceptors (Lipinski definition) is 3. The van der Waals surface area contributed by atoms with Crippen molar-refractivity contribution in [2.45, 2.75) is 26.7 Å². The Morgan fingerprint density at radius 2 is 1.70 bits per heavy atom. The summed E-state index contributed by atoms with van der Waals surface area (Å²) in [7, 11) is 1.52. The van der Waals surface area contributed by atoms with E-state index in [9.17, 15) is 9.59 Å². The molecule has 6 heteroatoms. The normalized spacial score (nSPS) is 10.4. The summed E-state index contributed by atoms with van der Waals surface area (Å²) < 4.78 is 5.25. The molecule has 27 heavy (non-hydrogen) atoms. The molecule has 0 fully saturated rings. The van der Waals surface area contributed by atoms with E-state index in [1.165, 1.54) is 7.11 Å². The molecular formula is C21H25ClN2O3. The highest BCUT2D eigenvalue weighted by molar-refractivity contribution is 6.31. The van der Waals surface area contributed by atoms with Gasteiger partial charge in [-0.15, -0.1) is 0 Å². The second-order valence-electron chi connectivity index (χ2n) is 6.17. The van der Waals surface area contributed by atoms with Crippen molar-refractivity contribution in [2.24, 2.45) is 0 Å². The molecule has 0 atom stereocenters. The van der Waals surface area contributed by atoms with Crippen LogP contribution in [0.4, 0.5) is 5.69 Å². The SMILES string of the molecule is CCCN(CCC)C(=O)c1cccc(C(=O)Nc2cc(Cl)ccc2OC)c1. The number of carbonyl (C=O) groups is 2. The van der Waals surface area contributed by atoms with Crippen LogP contribution < -0.4 is 10.1 Å². The Labute approximate surface area is 165 Å². The van der Waals surface area contributed by atoms with Crippen molar-refractivity contribution in [2.75, 3.05) is 25.5 Å². The summed E-state index contributed by atoms with van der Waals surface area (Å²) in [5, 5.41) is 3.28. The Hall–Kier alpha value is -2.53. The first-order valence-corrected chi connectivity index (χ1v) is 9.42. The molecule has 0 unspecified atom stereocenters. The fourth-order valence-electron chi connectivity index (χ4n) is 2.80. The summed E-state index contributed by atoms with van der Waals surface area (Å²) in [6, 6.07) is 11.7. The van der Waals surface area contributed by atoms with E-state index in [2.05, 4.69) is 5.32 Å². The number of methoxy groups -OCH3 is 1. The first-order chi connectivity index (χ1) is 13.0. The van der Waals surface area contributed by atoms with Crippen LogP contribution in [0.2, 0.25) is 5.02 Å². The molecule has 0 aliphatic heterocycles. The number of rotatable bonds is 8. The van der Waals surface area contributed by atoms with E-state index in [4.69, 9.17) is 16.3 Å². The molecule has 2 amide bonds. The molecule has 0 saturated heterocycles. The molecular weight excluding hydrogens is 364 g/mol. The zero-order valence-electron chi connectivity index (χ0n) is 15.9. The Balaban J connectivity index is 2.22. The van der Waals surface area contributed by atoms with Crippen LogP contribution in [0.1, 0.15) is 47.4 Å². The largest absolute Gasteiger partial charge is 0.495 e. The van der Waals surface area contributed by atoms with Crippen molar-refractivity contribution in [1.29, 1.82) is 0 Å². The first-order valence-electron chi connectivity index (χ1n) is 9.04. The summed E-state index contributed by atoms with van der Waals surface area (Å²) in [5.41, 5.74) is 1.38. The van der Waals surface area contributed by atoms with Crippen LogP contribution in [-0.4, -0.2) is 36.9 Å². The van der Waals surface area contributed by atoms with Crippen molar-refractivity contribution >= 4 is 29.1 Å². The number of nitrogens with one attached hydrogen (secondary N) is 1. The molecule has 0 bridgehead atoms. The number of hydrogen-bond donors (Lipinski definition) is 1. The average molecular weight is 389 g/mol. The minimum Gasteiger partial charge on any atom is -0.495 e. The molecule has 2 aromatic carbocycles. The summed E-state index contributed by atoms with van der Waals surface area (Å²) in [4.78, 5) is 27.2. The number of halogens is 1. The predicted molar refractivity (Wildman–Crippen MR) is 109 cm³/mol. The third-order valence-corrected chi connectivity index (χ3v) is 4.29. The highest BCUT2D eigenvalue weighted by Crippen LogP contribution is 2.28. The fourth-order valence-corrected chi connectivity index (χ4v) is 2.98. The van der Waals surface area contributed by atoms with Crippen molar-refractivity contribution in [3.05, 3.63) is 58.6 Å². The number of amides is 2. The fraction of sp³-hybridized carbons (Fsp3) is 0.333. The lowest BCUT2D eigenvalue weighted by molar-refractivity contribution is 0.0755. The third-order valence-electron chi connectivity index (χ3n) is 4.06. The monoisotopic (exact) mass is 388 g/mol. The van der Waals surface area contributed by atoms with E-state index < -0.39 is 0 Å². The van der Waals surface area contributed by atoms with Gasteiger partial charge < -0.3 is 15.0 Å². The van der Waals surface area contributed by atoms with Crippen molar-refractivity contribution in [3.63, 3.8) is 0 Å². The van der Waals surface area contributed by atoms with Gasteiger partial charge >= 0.3 is 0 Å². The molecule has 2 aromatic rings. The van der Waals surface area contributed by atoms with E-state index in [-0.39, 0.29) is 11.8 Å². The Bertz CT molecular complexity index is 802. The molecule has 0 saturated carbocycles. The molecule has 0 spiro atoms. The maximum atomic E-state index is 12.8. The lowest BCUT2D eigenvalue weighted by Crippen LogP contribution is -2.32. The first kappa shape index (κ1) is 20.8. The molecule has 0 heterocycles. The number of ether oxygens (including phenoxy) is 1. The van der Waals surface area contributed by atoms with Crippen LogP contribution in [-0.2, 0) is 0 Å². The van der Waals surface area contributed by atoms with Gasteiger partial charge in [-0.1, -0.05) is 31.5 Å². The quantitative estimate of drug-likeness (QED) is 0.702. The predicted octanol–water partition coefficient (Wildman–Crippen LogP) is 4.86. The van der Waals surface area contributed by atoms with Gasteiger partial charge in [0, 0.05) is 29.2 Å². The van der Waals surface area contributed by atoms with Gasteiger partial charge in [0.15, 0.2) is 0 Å². The highest BCUT2D eigenvalue weighted by Gasteiger charge is 2.17. The summed E-state index contributed by atoms with van der Waals surface area (Å²) in [5.74, 6) is 0.119. The molecule has 0 radical (unpaired) electrons. The van der Waals surface area contributed by atoms with Gasteiger partial charge in [0.1, 0.15) is 5.75 Å². The van der Waals surface area contributed by atoms with Crippen LogP contribution >= 0.6 is 11.6 Å². The highest BCUT2D eigenvalue weighted by atomic mass is 35.5. The minimum absolute atomic E-state index is 0.0614. The molecule has 1 N–H and O–H groups in total. The summed E-state index contributed by atoms with van der Waals surface area (Å²) in [6.07, 6.45) is 1.78. The molecule has 5 nitrogen and oxygen atoms in total. The number of benzene rings is 2. The van der Waals surface area contributed by atoms with Gasteiger partial charge in [-0.05, 0) is 49.2 Å². The van der Waals surface area contributed by atoms with Crippen LogP contribution in [0.15, 0.2) is 42.5 Å². The second-order valence-corrected chi connectivity index (χ2v) is 6.61. The van der Waals surface area contributed by atoms with E-state index in [0.29, 0.717) is 40.7 Å². The molecule has 144 valence electrons. The lowest BCUT2D eigenvalue weighted by atomic mass is 10.1. The smallest absolute Gasteiger partial charge is 0.255 e. The van der Waals surface area contributed by atoms with Crippen LogP contribution in [0.5, 0.6) is 5.75 Å². The van der Waals surface area contributed by atoms with E-state index >= 15 is 0 Å². The zero-order chi connectivity index (χ0) is 19.8. The van der Waals surface area contributed by atoms with Gasteiger partial charge in [-0.3, -0.25) is 9.59 Å². The van der Waals surface area contributed by atoms with Crippen LogP contribution in [0.25, 0.3) is 0 Å². The average Bonchev–Trinajstić information content (AvgIpc) is 2.67. The van der Waals surface area contributed by atoms with Crippen molar-refractivity contribution in [3.8, 4) is 5.75 Å². The van der Waals surface area contributed by atoms with E-state index in [1.807, 2.05) is 18.7 Å².